The molecule has 220 valence electrons. The first-order valence-corrected chi connectivity index (χ1v) is 14.6. The summed E-state index contributed by atoms with van der Waals surface area (Å²) in [4.78, 5) is 42.2. The molecule has 2 N–H and O–H groups in total. The molecule has 2 atom stereocenters. The number of nitrogens with zero attached hydrogens (tertiary/aromatic N) is 1. The molecule has 0 saturated heterocycles. The molecule has 2 unspecified atom stereocenters. The lowest BCUT2D eigenvalue weighted by atomic mass is 9.98. The molecule has 0 aliphatic heterocycles. The molecule has 3 aromatic carbocycles. The summed E-state index contributed by atoms with van der Waals surface area (Å²) in [5.41, 5.74) is 2.81. The summed E-state index contributed by atoms with van der Waals surface area (Å²) in [7, 11) is 0. The average Bonchev–Trinajstić information content (AvgIpc) is 2.90. The molecule has 0 aliphatic carbocycles. The number of ether oxygens (including phenoxy) is 1. The Morgan fingerprint density at radius 3 is 2.24 bits per heavy atom. The topological polar surface area (TPSA) is 87.7 Å². The third-order valence-corrected chi connectivity index (χ3v) is 7.06. The van der Waals surface area contributed by atoms with Crippen molar-refractivity contribution in [1.82, 2.24) is 10.2 Å². The number of fused-ring (bicyclic) bond motifs is 1. The van der Waals surface area contributed by atoms with Crippen LogP contribution in [0.2, 0.25) is 0 Å². The molecule has 41 heavy (non-hydrogen) atoms. The quantitative estimate of drug-likeness (QED) is 0.239. The third kappa shape index (κ3) is 9.07. The second kappa shape index (κ2) is 14.2. The molecule has 0 heterocycles. The van der Waals surface area contributed by atoms with Gasteiger partial charge in [0.2, 0.25) is 5.91 Å². The standard InChI is InChI=1S/C34H45N3O4/c1-8-9-10-13-20-37(32(39)25(4)35-33(40)41-34(5,6)7)30(28-17-16-23(2)24(3)21-28)31(38)36-29-19-18-26-14-11-12-15-27(26)22-29/h11-12,14-19,21-22,25,30H,8-10,13,20H2,1-7H3,(H,35,40)(H,36,38). The van der Waals surface area contributed by atoms with Crippen molar-refractivity contribution in [1.29, 1.82) is 0 Å². The van der Waals surface area contributed by atoms with Crippen molar-refractivity contribution in [3.05, 3.63) is 77.4 Å². The lowest BCUT2D eigenvalue weighted by molar-refractivity contribution is -0.140. The zero-order valence-corrected chi connectivity index (χ0v) is 25.5. The van der Waals surface area contributed by atoms with Crippen molar-refractivity contribution in [3.8, 4) is 0 Å². The van der Waals surface area contributed by atoms with Gasteiger partial charge in [0.15, 0.2) is 0 Å². The number of carbonyl (C=O) groups is 3. The van der Waals surface area contributed by atoms with Gasteiger partial charge in [0.25, 0.3) is 5.91 Å². The van der Waals surface area contributed by atoms with Crippen LogP contribution >= 0.6 is 0 Å². The molecule has 3 rings (SSSR count). The van der Waals surface area contributed by atoms with Crippen molar-refractivity contribution in [2.24, 2.45) is 0 Å². The predicted molar refractivity (Wildman–Crippen MR) is 166 cm³/mol. The molecule has 0 aromatic heterocycles. The Bertz CT molecular complexity index is 1360. The SMILES string of the molecule is CCCCCCN(C(=O)C(C)NC(=O)OC(C)(C)C)C(C(=O)Nc1ccc2ccccc2c1)c1ccc(C)c(C)c1. The molecule has 3 aromatic rings. The Balaban J connectivity index is 1.98. The van der Waals surface area contributed by atoms with Gasteiger partial charge in [0, 0.05) is 12.2 Å². The Morgan fingerprint density at radius 1 is 0.878 bits per heavy atom. The molecular formula is C34H45N3O4. The molecule has 0 saturated carbocycles. The first-order chi connectivity index (χ1) is 19.4. The number of nitrogens with one attached hydrogen (secondary N) is 2. The maximum atomic E-state index is 14.1. The van der Waals surface area contributed by atoms with E-state index in [9.17, 15) is 14.4 Å². The number of alkyl carbamates (subject to hydrolysis) is 1. The molecule has 0 aliphatic rings. The van der Waals surface area contributed by atoms with Gasteiger partial charge in [-0.15, -0.1) is 0 Å². The summed E-state index contributed by atoms with van der Waals surface area (Å²) >= 11 is 0. The van der Waals surface area contributed by atoms with Gasteiger partial charge in [0.05, 0.1) is 0 Å². The van der Waals surface area contributed by atoms with Crippen LogP contribution in [0.5, 0.6) is 0 Å². The minimum atomic E-state index is -0.891. The van der Waals surface area contributed by atoms with Crippen molar-refractivity contribution in [2.45, 2.75) is 91.8 Å². The fraction of sp³-hybridized carbons (Fsp3) is 0.441. The molecule has 7 heteroatoms. The normalized spacial score (nSPS) is 12.9. The summed E-state index contributed by atoms with van der Waals surface area (Å²) in [5, 5.41) is 7.82. The second-order valence-electron chi connectivity index (χ2n) is 11.8. The maximum Gasteiger partial charge on any atom is 0.408 e. The summed E-state index contributed by atoms with van der Waals surface area (Å²) in [6.45, 7) is 13.5. The van der Waals surface area contributed by atoms with E-state index in [1.165, 1.54) is 0 Å². The van der Waals surface area contributed by atoms with Gasteiger partial charge in [-0.1, -0.05) is 74.7 Å². The summed E-state index contributed by atoms with van der Waals surface area (Å²) < 4.78 is 5.39. The van der Waals surface area contributed by atoms with Crippen LogP contribution in [0.3, 0.4) is 0 Å². The number of anilines is 1. The largest absolute Gasteiger partial charge is 0.444 e. The lowest BCUT2D eigenvalue weighted by Gasteiger charge is -2.34. The Kier molecular flexibility index (Phi) is 10.9. The van der Waals surface area contributed by atoms with E-state index in [0.29, 0.717) is 12.2 Å². The van der Waals surface area contributed by atoms with Gasteiger partial charge in [-0.3, -0.25) is 9.59 Å². The van der Waals surface area contributed by atoms with Crippen LogP contribution < -0.4 is 10.6 Å². The van der Waals surface area contributed by atoms with Gasteiger partial charge in [-0.2, -0.15) is 0 Å². The molecule has 0 spiro atoms. The number of benzene rings is 3. The van der Waals surface area contributed by atoms with Gasteiger partial charge >= 0.3 is 6.09 Å². The van der Waals surface area contributed by atoms with Crippen molar-refractivity contribution >= 4 is 34.4 Å². The van der Waals surface area contributed by atoms with Crippen LogP contribution in [0.25, 0.3) is 10.8 Å². The van der Waals surface area contributed by atoms with E-state index >= 15 is 0 Å². The number of carbonyl (C=O) groups excluding carboxylic acids is 3. The first-order valence-electron chi connectivity index (χ1n) is 14.6. The molecule has 3 amide bonds. The number of aryl methyl sites for hydroxylation is 2. The summed E-state index contributed by atoms with van der Waals surface area (Å²) in [6.07, 6.45) is 3.08. The molecular weight excluding hydrogens is 514 g/mol. The molecule has 0 fully saturated rings. The van der Waals surface area contributed by atoms with Crippen molar-refractivity contribution in [2.75, 3.05) is 11.9 Å². The summed E-state index contributed by atoms with van der Waals surface area (Å²) in [5.74, 6) is -0.652. The van der Waals surface area contributed by atoms with Crippen molar-refractivity contribution < 1.29 is 19.1 Å². The van der Waals surface area contributed by atoms with Crippen LogP contribution in [-0.2, 0) is 14.3 Å². The minimum Gasteiger partial charge on any atom is -0.444 e. The highest BCUT2D eigenvalue weighted by atomic mass is 16.6. The number of amides is 3. The van der Waals surface area contributed by atoms with Crippen LogP contribution in [0.1, 0.15) is 83.0 Å². The number of hydrogen-bond acceptors (Lipinski definition) is 4. The van der Waals surface area contributed by atoms with E-state index in [0.717, 1.165) is 53.1 Å². The fourth-order valence-electron chi connectivity index (χ4n) is 4.76. The van der Waals surface area contributed by atoms with E-state index in [1.54, 1.807) is 32.6 Å². The van der Waals surface area contributed by atoms with E-state index in [4.69, 9.17) is 4.74 Å². The monoisotopic (exact) mass is 559 g/mol. The van der Waals surface area contributed by atoms with E-state index in [-0.39, 0.29) is 11.8 Å². The smallest absolute Gasteiger partial charge is 0.408 e. The number of unbranched alkanes of at least 4 members (excludes halogenated alkanes) is 3. The number of hydrogen-bond donors (Lipinski definition) is 2. The fourth-order valence-corrected chi connectivity index (χ4v) is 4.76. The molecule has 0 bridgehead atoms. The van der Waals surface area contributed by atoms with Crippen LogP contribution in [-0.4, -0.2) is 41.0 Å². The van der Waals surface area contributed by atoms with Gasteiger partial charge < -0.3 is 20.3 Å². The third-order valence-electron chi connectivity index (χ3n) is 7.06. The Hall–Kier alpha value is -3.87. The second-order valence-corrected chi connectivity index (χ2v) is 11.8. The zero-order chi connectivity index (χ0) is 30.2. The Labute approximate surface area is 244 Å². The summed E-state index contributed by atoms with van der Waals surface area (Å²) in [6, 6.07) is 17.8. The number of rotatable bonds is 11. The van der Waals surface area contributed by atoms with Crippen molar-refractivity contribution in [3.63, 3.8) is 0 Å². The van der Waals surface area contributed by atoms with E-state index < -0.39 is 23.8 Å². The lowest BCUT2D eigenvalue weighted by Crippen LogP contribution is -2.51. The van der Waals surface area contributed by atoms with E-state index in [1.807, 2.05) is 74.5 Å². The molecule has 0 radical (unpaired) electrons. The predicted octanol–water partition coefficient (Wildman–Crippen LogP) is 7.46. The van der Waals surface area contributed by atoms with Gasteiger partial charge in [-0.05, 0) is 87.6 Å². The van der Waals surface area contributed by atoms with Crippen LogP contribution in [0, 0.1) is 13.8 Å². The van der Waals surface area contributed by atoms with Crippen LogP contribution in [0.4, 0.5) is 10.5 Å². The zero-order valence-electron chi connectivity index (χ0n) is 25.5. The van der Waals surface area contributed by atoms with E-state index in [2.05, 4.69) is 17.6 Å². The maximum absolute atomic E-state index is 14.1. The minimum absolute atomic E-state index is 0.308. The van der Waals surface area contributed by atoms with Gasteiger partial charge in [-0.25, -0.2) is 4.79 Å². The highest BCUT2D eigenvalue weighted by molar-refractivity contribution is 6.00. The highest BCUT2D eigenvalue weighted by Crippen LogP contribution is 2.28. The highest BCUT2D eigenvalue weighted by Gasteiger charge is 2.34. The molecule has 7 nitrogen and oxygen atoms in total. The van der Waals surface area contributed by atoms with Crippen LogP contribution in [0.15, 0.2) is 60.7 Å². The first kappa shape index (κ1) is 31.7. The Morgan fingerprint density at radius 2 is 1.59 bits per heavy atom. The average molecular weight is 560 g/mol. The van der Waals surface area contributed by atoms with Gasteiger partial charge in [0.1, 0.15) is 17.7 Å².